The molecule has 10 nitrogen and oxygen atoms in total. The molecular formula is C29H25N7O3. The molecule has 1 saturated heterocycles. The molecule has 1 unspecified atom stereocenters. The summed E-state index contributed by atoms with van der Waals surface area (Å²) in [5, 5.41) is 4.81. The van der Waals surface area contributed by atoms with E-state index >= 15 is 0 Å². The quantitative estimate of drug-likeness (QED) is 0.344. The highest BCUT2D eigenvalue weighted by atomic mass is 16.5. The Morgan fingerprint density at radius 1 is 1.08 bits per heavy atom. The number of nitrogens with one attached hydrogen (secondary N) is 2. The van der Waals surface area contributed by atoms with Gasteiger partial charge in [0.05, 0.1) is 28.7 Å². The van der Waals surface area contributed by atoms with Crippen LogP contribution >= 0.6 is 0 Å². The van der Waals surface area contributed by atoms with Crippen LogP contribution in [0.15, 0.2) is 70.5 Å². The smallest absolute Gasteiger partial charge is 0.275 e. The Kier molecular flexibility index (Phi) is 4.66. The fourth-order valence-electron chi connectivity index (χ4n) is 6.12. The van der Waals surface area contributed by atoms with Crippen molar-refractivity contribution < 1.29 is 4.74 Å². The van der Waals surface area contributed by atoms with Gasteiger partial charge in [-0.2, -0.15) is 0 Å². The number of H-pyrrole nitrogens is 2. The van der Waals surface area contributed by atoms with Crippen molar-refractivity contribution in [2.45, 2.75) is 32.0 Å². The molecule has 0 radical (unpaired) electrons. The van der Waals surface area contributed by atoms with E-state index in [2.05, 4.69) is 26.9 Å². The van der Waals surface area contributed by atoms with Gasteiger partial charge >= 0.3 is 0 Å². The Labute approximate surface area is 221 Å². The molecule has 6 bridgehead atoms. The third-order valence-corrected chi connectivity index (χ3v) is 8.08. The number of aromatic amines is 2. The lowest BCUT2D eigenvalue weighted by Crippen LogP contribution is -2.33. The number of benzene rings is 2. The van der Waals surface area contributed by atoms with Crippen LogP contribution in [0.4, 0.5) is 0 Å². The lowest BCUT2D eigenvalue weighted by molar-refractivity contribution is 0.195. The van der Waals surface area contributed by atoms with Crippen LogP contribution < -0.4 is 15.9 Å². The molecule has 2 aliphatic heterocycles. The maximum Gasteiger partial charge on any atom is 0.275 e. The van der Waals surface area contributed by atoms with Gasteiger partial charge in [-0.3, -0.25) is 24.3 Å². The first-order chi connectivity index (χ1) is 19.0. The summed E-state index contributed by atoms with van der Waals surface area (Å²) in [5.74, 6) is 0.604. The minimum atomic E-state index is -0.338. The minimum Gasteiger partial charge on any atom is -0.487 e. The van der Waals surface area contributed by atoms with Gasteiger partial charge in [0, 0.05) is 55.0 Å². The standard InChI is InChI=1S/C29H25N7O3/c1-16-12-19-15-34(16)10-11-36-29(38)21-6-2-5-20(24(21)33-36)25-28(37)31-22-13-18(14-23(39-19)26(22)32-25)35-9-7-17-4-3-8-30-27(17)35/h2-9,13-14,16,19,33H,10-12,15H2,1H3,(H,31,37)/t16-,19+/m1/s1. The van der Waals surface area contributed by atoms with Gasteiger partial charge < -0.3 is 14.3 Å². The molecule has 4 aromatic heterocycles. The van der Waals surface area contributed by atoms with Crippen LogP contribution in [0.5, 0.6) is 5.75 Å². The average Bonchev–Trinajstić information content (AvgIpc) is 3.61. The van der Waals surface area contributed by atoms with Gasteiger partial charge in [-0.1, -0.05) is 12.1 Å². The summed E-state index contributed by atoms with van der Waals surface area (Å²) in [6, 6.07) is 15.5. The van der Waals surface area contributed by atoms with Crippen LogP contribution in [-0.2, 0) is 6.54 Å². The van der Waals surface area contributed by atoms with Crippen LogP contribution in [0, 0.1) is 0 Å². The molecule has 0 spiro atoms. The highest BCUT2D eigenvalue weighted by molar-refractivity contribution is 5.94. The number of rotatable bonds is 1. The molecule has 8 rings (SSSR count). The maximum atomic E-state index is 13.5. The first kappa shape index (κ1) is 22.3. The fraction of sp³-hybridized carbons (Fsp3) is 0.241. The second kappa shape index (κ2) is 8.15. The number of aromatic nitrogens is 6. The largest absolute Gasteiger partial charge is 0.487 e. The van der Waals surface area contributed by atoms with E-state index in [4.69, 9.17) is 9.72 Å². The minimum absolute atomic E-state index is 0.0584. The van der Waals surface area contributed by atoms with Gasteiger partial charge in [0.1, 0.15) is 28.7 Å². The molecule has 1 fully saturated rings. The van der Waals surface area contributed by atoms with E-state index in [-0.39, 0.29) is 22.9 Å². The molecular weight excluding hydrogens is 494 g/mol. The first-order valence-electron chi connectivity index (χ1n) is 13.2. The molecule has 0 saturated carbocycles. The molecule has 6 heterocycles. The van der Waals surface area contributed by atoms with E-state index in [0.29, 0.717) is 52.4 Å². The first-order valence-corrected chi connectivity index (χ1v) is 13.2. The Bertz CT molecular complexity index is 2050. The van der Waals surface area contributed by atoms with Gasteiger partial charge in [-0.15, -0.1) is 0 Å². The fourth-order valence-corrected chi connectivity index (χ4v) is 6.12. The second-order valence-electron chi connectivity index (χ2n) is 10.5. The van der Waals surface area contributed by atoms with E-state index in [9.17, 15) is 9.59 Å². The Balaban J connectivity index is 1.41. The van der Waals surface area contributed by atoms with Crippen molar-refractivity contribution in [3.8, 4) is 22.7 Å². The van der Waals surface area contributed by atoms with Gasteiger partial charge in [0.15, 0.2) is 0 Å². The predicted molar refractivity (Wildman–Crippen MR) is 149 cm³/mol. The Morgan fingerprint density at radius 2 is 2.00 bits per heavy atom. The summed E-state index contributed by atoms with van der Waals surface area (Å²) in [6.45, 7) is 4.15. The zero-order chi connectivity index (χ0) is 26.2. The third kappa shape index (κ3) is 3.38. The molecule has 10 heteroatoms. The monoisotopic (exact) mass is 519 g/mol. The van der Waals surface area contributed by atoms with Crippen molar-refractivity contribution in [3.05, 3.63) is 81.6 Å². The van der Waals surface area contributed by atoms with Crippen LogP contribution in [0.1, 0.15) is 13.3 Å². The van der Waals surface area contributed by atoms with Crippen molar-refractivity contribution >= 4 is 33.0 Å². The van der Waals surface area contributed by atoms with Crippen molar-refractivity contribution in [2.24, 2.45) is 0 Å². The van der Waals surface area contributed by atoms with Crippen molar-refractivity contribution in [3.63, 3.8) is 0 Å². The van der Waals surface area contributed by atoms with E-state index in [0.717, 1.165) is 29.7 Å². The van der Waals surface area contributed by atoms with Crippen LogP contribution in [0.25, 0.3) is 49.9 Å². The second-order valence-corrected chi connectivity index (χ2v) is 10.5. The van der Waals surface area contributed by atoms with Crippen LogP contribution in [-0.4, -0.2) is 59.4 Å². The number of nitrogens with zero attached hydrogens (tertiary/aromatic N) is 5. The van der Waals surface area contributed by atoms with Crippen molar-refractivity contribution in [2.75, 3.05) is 13.1 Å². The van der Waals surface area contributed by atoms with Crippen LogP contribution in [0.3, 0.4) is 0 Å². The molecule has 3 atom stereocenters. The third-order valence-electron chi connectivity index (χ3n) is 8.08. The van der Waals surface area contributed by atoms with Gasteiger partial charge in [-0.25, -0.2) is 9.97 Å². The molecule has 2 N–H and O–H groups in total. The predicted octanol–water partition coefficient (Wildman–Crippen LogP) is 3.43. The summed E-state index contributed by atoms with van der Waals surface area (Å²) < 4.78 is 10.3. The van der Waals surface area contributed by atoms with E-state index in [1.54, 1.807) is 23.0 Å². The summed E-state index contributed by atoms with van der Waals surface area (Å²) in [7, 11) is 0. The Morgan fingerprint density at radius 3 is 2.92 bits per heavy atom. The molecule has 2 aromatic carbocycles. The van der Waals surface area contributed by atoms with Gasteiger partial charge in [0.25, 0.3) is 11.1 Å². The van der Waals surface area contributed by atoms with Crippen molar-refractivity contribution in [1.29, 1.82) is 0 Å². The van der Waals surface area contributed by atoms with E-state index in [1.165, 1.54) is 0 Å². The zero-order valence-corrected chi connectivity index (χ0v) is 21.2. The van der Waals surface area contributed by atoms with Crippen LogP contribution in [0.2, 0.25) is 0 Å². The summed E-state index contributed by atoms with van der Waals surface area (Å²) >= 11 is 0. The molecule has 194 valence electrons. The SMILES string of the molecule is C[C@@H]1C[C@H]2CN1CCn1[nH]c3c(cccc3c1=O)-c1nc3c(cc(-n4ccc5cccnc54)cc3[nH]c1=O)O2. The molecule has 0 amide bonds. The van der Waals surface area contributed by atoms with Crippen molar-refractivity contribution in [1.82, 2.24) is 34.2 Å². The number of hydrogen-bond donors (Lipinski definition) is 2. The number of fused-ring (bicyclic) bond motifs is 6. The molecule has 6 aromatic rings. The normalized spacial score (nSPS) is 20.7. The van der Waals surface area contributed by atoms with E-state index in [1.807, 2.05) is 47.2 Å². The van der Waals surface area contributed by atoms with Gasteiger partial charge in [-0.05, 0) is 37.3 Å². The number of para-hydroxylation sites is 1. The maximum absolute atomic E-state index is 13.5. The summed E-state index contributed by atoms with van der Waals surface area (Å²) in [5.41, 5.74) is 3.77. The zero-order valence-electron chi connectivity index (χ0n) is 21.2. The average molecular weight is 520 g/mol. The molecule has 39 heavy (non-hydrogen) atoms. The van der Waals surface area contributed by atoms with Gasteiger partial charge in [0.2, 0.25) is 0 Å². The summed E-state index contributed by atoms with van der Waals surface area (Å²) in [4.78, 5) is 41.5. The highest BCUT2D eigenvalue weighted by Gasteiger charge is 2.31. The number of hydrogen-bond acceptors (Lipinski definition) is 6. The highest BCUT2D eigenvalue weighted by Crippen LogP contribution is 2.33. The topological polar surface area (TPSA) is 114 Å². The molecule has 2 aliphatic rings. The molecule has 0 aliphatic carbocycles. The summed E-state index contributed by atoms with van der Waals surface area (Å²) in [6.07, 6.45) is 4.52. The number of pyridine rings is 1. The lowest BCUT2D eigenvalue weighted by atomic mass is 10.1. The van der Waals surface area contributed by atoms with E-state index < -0.39 is 0 Å². The Hall–Kier alpha value is -4.70. The lowest BCUT2D eigenvalue weighted by Gasteiger charge is -2.21. The number of ether oxygens (including phenoxy) is 1.